The predicted molar refractivity (Wildman–Crippen MR) is 294 cm³/mol. The summed E-state index contributed by atoms with van der Waals surface area (Å²) in [6.07, 6.45) is 1.35. The van der Waals surface area contributed by atoms with Gasteiger partial charge >= 0.3 is 5.97 Å². The van der Waals surface area contributed by atoms with Gasteiger partial charge in [-0.15, -0.1) is 0 Å². The van der Waals surface area contributed by atoms with Crippen molar-refractivity contribution < 1.29 is 58.5 Å². The van der Waals surface area contributed by atoms with E-state index in [9.17, 15) is 58.5 Å². The molecule has 0 saturated carbocycles. The van der Waals surface area contributed by atoms with E-state index in [2.05, 4.69) is 42.2 Å². The van der Waals surface area contributed by atoms with E-state index in [0.717, 1.165) is 10.9 Å². The van der Waals surface area contributed by atoms with E-state index < -0.39 is 114 Å². The lowest BCUT2D eigenvalue weighted by Crippen LogP contribution is -2.62. The number of hydrogen-bond donors (Lipinski definition) is 12. The Kier molecular flexibility index (Phi) is 20.4. The standard InChI is InChI=1S/C58H70N10O12/c1-33(2)50-57(79)66-47(29-36-19-23-39(70)24-20-36)58(80)68-26-10-16-48(68)56(78)65-44(28-35-17-21-38(69)22-18-35)53(75)64-46(31-49(71)72)55(77)62-43(27-34-11-4-3-5-12-34)52(74)63-45(30-37-32-60-41-14-7-6-13-40(37)41)54(76)61-42(51(73)67-50)15-8-9-25-59/h3-7,11-14,17-24,32-33,42-48,50,60,69-70H,8-10,15-16,25-31,59H2,1-2H3,(H,61,76)(H,62,77)(H,63,74)(H,64,75)(H,65,78)(H,66,79)(H,67,73)(H,71,72). The maximum Gasteiger partial charge on any atom is 0.305 e. The second-order valence-electron chi connectivity index (χ2n) is 20.7. The molecule has 2 aliphatic heterocycles. The Balaban J connectivity index is 1.32. The van der Waals surface area contributed by atoms with E-state index in [1.807, 2.05) is 18.2 Å². The minimum Gasteiger partial charge on any atom is -0.508 e. The van der Waals surface area contributed by atoms with Crippen LogP contribution in [-0.4, -0.2) is 140 Å². The highest BCUT2D eigenvalue weighted by atomic mass is 16.4. The van der Waals surface area contributed by atoms with Gasteiger partial charge in [0, 0.05) is 49.3 Å². The molecule has 4 aromatic carbocycles. The molecule has 3 heterocycles. The topological polar surface area (TPSA) is 344 Å². The predicted octanol–water partition coefficient (Wildman–Crippen LogP) is 1.51. The summed E-state index contributed by atoms with van der Waals surface area (Å²) < 4.78 is 0. The molecule has 8 amide bonds. The van der Waals surface area contributed by atoms with Crippen molar-refractivity contribution in [3.63, 3.8) is 0 Å². The van der Waals surface area contributed by atoms with Crippen molar-refractivity contribution in [2.75, 3.05) is 13.1 Å². The molecule has 0 bridgehead atoms. The van der Waals surface area contributed by atoms with Crippen LogP contribution in [0.3, 0.4) is 0 Å². The summed E-state index contributed by atoms with van der Waals surface area (Å²) in [7, 11) is 0. The van der Waals surface area contributed by atoms with Gasteiger partial charge in [-0.3, -0.25) is 43.2 Å². The third kappa shape index (κ3) is 15.9. The van der Waals surface area contributed by atoms with Gasteiger partial charge in [-0.25, -0.2) is 0 Å². The molecule has 22 nitrogen and oxygen atoms in total. The third-order valence-electron chi connectivity index (χ3n) is 14.3. The summed E-state index contributed by atoms with van der Waals surface area (Å²) in [6, 6.07) is 16.0. The molecule has 8 unspecified atom stereocenters. The van der Waals surface area contributed by atoms with Crippen molar-refractivity contribution in [1.82, 2.24) is 47.1 Å². The maximum atomic E-state index is 14.9. The number of carboxylic acids is 1. The minimum absolute atomic E-state index is 0.0501. The van der Waals surface area contributed by atoms with E-state index >= 15 is 0 Å². The van der Waals surface area contributed by atoms with Crippen LogP contribution in [0.5, 0.6) is 11.5 Å². The highest BCUT2D eigenvalue weighted by molar-refractivity contribution is 6.00. The summed E-state index contributed by atoms with van der Waals surface area (Å²) in [5.74, 6) is -8.99. The van der Waals surface area contributed by atoms with Crippen LogP contribution in [0.2, 0.25) is 0 Å². The quantitative estimate of drug-likeness (QED) is 0.0663. The number of aromatic hydroxyl groups is 2. The fourth-order valence-electron chi connectivity index (χ4n) is 9.99. The third-order valence-corrected chi connectivity index (χ3v) is 14.3. The molecule has 80 heavy (non-hydrogen) atoms. The summed E-state index contributed by atoms with van der Waals surface area (Å²) in [5.41, 5.74) is 8.71. The van der Waals surface area contributed by atoms with Gasteiger partial charge in [-0.05, 0) is 97.2 Å². The number of aliphatic carboxylic acids is 1. The number of carbonyl (C=O) groups is 9. The highest BCUT2D eigenvalue weighted by Gasteiger charge is 2.41. The number of H-pyrrole nitrogens is 1. The molecule has 1 aromatic heterocycles. The van der Waals surface area contributed by atoms with E-state index in [4.69, 9.17) is 5.73 Å². The zero-order valence-electron chi connectivity index (χ0n) is 44.6. The number of aromatic amines is 1. The molecule has 0 radical (unpaired) electrons. The monoisotopic (exact) mass is 1100 g/mol. The van der Waals surface area contributed by atoms with Gasteiger partial charge in [0.25, 0.3) is 0 Å². The van der Waals surface area contributed by atoms with Crippen LogP contribution < -0.4 is 43.0 Å². The van der Waals surface area contributed by atoms with E-state index in [1.54, 1.807) is 68.6 Å². The lowest BCUT2D eigenvalue weighted by molar-refractivity contribution is -0.143. The fourth-order valence-corrected chi connectivity index (χ4v) is 9.99. The molecule has 424 valence electrons. The Morgan fingerprint density at radius 1 is 0.562 bits per heavy atom. The Labute approximate surface area is 462 Å². The average Bonchev–Trinajstić information content (AvgIpc) is 4.14. The van der Waals surface area contributed by atoms with Gasteiger partial charge < -0.3 is 68.2 Å². The number of hydrogen-bond acceptors (Lipinski definition) is 12. The number of aromatic nitrogens is 1. The van der Waals surface area contributed by atoms with Gasteiger partial charge in [0.2, 0.25) is 47.3 Å². The number of carboxylic acid groups (broad SMARTS) is 1. The van der Waals surface area contributed by atoms with Gasteiger partial charge in [0.15, 0.2) is 0 Å². The SMILES string of the molecule is CC(C)C1NC(=O)C(CCCCN)NC(=O)C(Cc2c[nH]c3ccccc23)NC(=O)C(Cc2ccccc2)NC(=O)C(CC(=O)O)NC(=O)C(Cc2ccc(O)cc2)NC(=O)C2CCCN2C(=O)C(Cc2ccc(O)cc2)NC1=O. The fraction of sp³-hybridized carbons (Fsp3) is 0.397. The first-order valence-corrected chi connectivity index (χ1v) is 26.9. The number of para-hydroxylation sites is 1. The maximum absolute atomic E-state index is 14.9. The van der Waals surface area contributed by atoms with Gasteiger partial charge in [0.1, 0.15) is 59.8 Å². The van der Waals surface area contributed by atoms with Gasteiger partial charge in [-0.2, -0.15) is 0 Å². The molecule has 22 heteroatoms. The van der Waals surface area contributed by atoms with Gasteiger partial charge in [0.05, 0.1) is 6.42 Å². The second kappa shape index (κ2) is 27.7. The Hall–Kier alpha value is -8.79. The average molecular weight is 1100 g/mol. The van der Waals surface area contributed by atoms with Crippen molar-refractivity contribution in [2.45, 2.75) is 126 Å². The molecular formula is C58H70N10O12. The number of carbonyl (C=O) groups excluding carboxylic acids is 8. The van der Waals surface area contributed by atoms with Crippen LogP contribution in [0, 0.1) is 5.92 Å². The molecule has 2 aliphatic rings. The number of rotatable bonds is 15. The van der Waals surface area contributed by atoms with Gasteiger partial charge in [-0.1, -0.05) is 86.6 Å². The van der Waals surface area contributed by atoms with Crippen LogP contribution in [0.4, 0.5) is 0 Å². The summed E-state index contributed by atoms with van der Waals surface area (Å²) in [4.78, 5) is 134. The van der Waals surface area contributed by atoms with Crippen molar-refractivity contribution in [3.8, 4) is 11.5 Å². The molecule has 0 aliphatic carbocycles. The lowest BCUT2D eigenvalue weighted by Gasteiger charge is -2.32. The summed E-state index contributed by atoms with van der Waals surface area (Å²) in [6.45, 7) is 3.69. The lowest BCUT2D eigenvalue weighted by atomic mass is 9.99. The van der Waals surface area contributed by atoms with Crippen molar-refractivity contribution in [1.29, 1.82) is 0 Å². The van der Waals surface area contributed by atoms with Crippen LogP contribution in [0.15, 0.2) is 109 Å². The molecule has 7 rings (SSSR count). The normalized spacial score (nSPS) is 23.2. The first-order valence-electron chi connectivity index (χ1n) is 26.9. The molecule has 2 fully saturated rings. The largest absolute Gasteiger partial charge is 0.508 e. The molecule has 2 saturated heterocycles. The van der Waals surface area contributed by atoms with Crippen LogP contribution in [-0.2, 0) is 68.8 Å². The Bertz CT molecular complexity index is 3010. The van der Waals surface area contributed by atoms with Crippen LogP contribution >= 0.6 is 0 Å². The second-order valence-corrected chi connectivity index (χ2v) is 20.7. The van der Waals surface area contributed by atoms with E-state index in [0.29, 0.717) is 41.5 Å². The Morgan fingerprint density at radius 3 is 1.64 bits per heavy atom. The first kappa shape index (κ1) is 58.9. The zero-order chi connectivity index (χ0) is 57.5. The van der Waals surface area contributed by atoms with Crippen molar-refractivity contribution in [2.24, 2.45) is 11.7 Å². The minimum atomic E-state index is -1.85. The number of phenols is 2. The molecule has 0 spiro atoms. The van der Waals surface area contributed by atoms with Crippen molar-refractivity contribution in [3.05, 3.63) is 132 Å². The summed E-state index contributed by atoms with van der Waals surface area (Å²) >= 11 is 0. The molecule has 8 atom stereocenters. The molecular weight excluding hydrogens is 1030 g/mol. The van der Waals surface area contributed by atoms with Crippen LogP contribution in [0.1, 0.15) is 74.6 Å². The Morgan fingerprint density at radius 2 is 1.05 bits per heavy atom. The van der Waals surface area contributed by atoms with E-state index in [-0.39, 0.29) is 63.1 Å². The number of benzene rings is 4. The number of amides is 8. The number of nitrogens with one attached hydrogen (secondary N) is 8. The smallest absolute Gasteiger partial charge is 0.305 e. The highest BCUT2D eigenvalue weighted by Crippen LogP contribution is 2.23. The van der Waals surface area contributed by atoms with Crippen LogP contribution in [0.25, 0.3) is 10.9 Å². The van der Waals surface area contributed by atoms with Crippen molar-refractivity contribution >= 4 is 64.1 Å². The number of nitrogens with two attached hydrogens (primary N) is 1. The zero-order valence-corrected chi connectivity index (χ0v) is 44.6. The molecule has 13 N–H and O–H groups in total. The first-order chi connectivity index (χ1) is 38.4. The number of unbranched alkanes of at least 4 members (excludes halogenated alkanes) is 1. The molecule has 5 aromatic rings. The van der Waals surface area contributed by atoms with E-state index in [1.165, 1.54) is 41.3 Å². The number of phenolic OH excluding ortho intramolecular Hbond substituents is 2. The number of nitrogens with zero attached hydrogens (tertiary/aromatic N) is 1. The summed E-state index contributed by atoms with van der Waals surface area (Å²) in [5, 5.41) is 50.1. The number of fused-ring (bicyclic) bond motifs is 2.